The van der Waals surface area contributed by atoms with Gasteiger partial charge in [-0.3, -0.25) is 4.79 Å². The summed E-state index contributed by atoms with van der Waals surface area (Å²) in [7, 11) is 0. The highest BCUT2D eigenvalue weighted by molar-refractivity contribution is 8.04. The van der Waals surface area contributed by atoms with Gasteiger partial charge < -0.3 is 9.73 Å². The van der Waals surface area contributed by atoms with Gasteiger partial charge in [-0.05, 0) is 61.0 Å². The van der Waals surface area contributed by atoms with E-state index in [2.05, 4.69) is 10.3 Å². The van der Waals surface area contributed by atoms with Gasteiger partial charge in [-0.1, -0.05) is 12.1 Å². The van der Waals surface area contributed by atoms with E-state index >= 15 is 0 Å². The van der Waals surface area contributed by atoms with Crippen LogP contribution in [0, 0.1) is 24.5 Å². The van der Waals surface area contributed by atoms with Crippen LogP contribution in [0.1, 0.15) is 11.1 Å². The standard InChI is InChI=1S/C18H15N3O2S/c1-11-6-7-16-15(8-11)21-18(23-16)13-4-3-5-14(12(13)2)20-17(22)9-24-10-19/h3-8H,9H2,1-2H3,(H,20,22). The number of thiocyanates is 1. The average Bonchev–Trinajstić information content (AvgIpc) is 2.97. The van der Waals surface area contributed by atoms with Gasteiger partial charge in [0.2, 0.25) is 11.8 Å². The van der Waals surface area contributed by atoms with E-state index in [1.807, 2.05) is 55.6 Å². The highest BCUT2D eigenvalue weighted by Gasteiger charge is 2.14. The van der Waals surface area contributed by atoms with Crippen LogP contribution in [-0.4, -0.2) is 16.6 Å². The van der Waals surface area contributed by atoms with Crippen LogP contribution in [0.3, 0.4) is 0 Å². The number of hydrogen-bond acceptors (Lipinski definition) is 5. The van der Waals surface area contributed by atoms with Crippen LogP contribution in [0.5, 0.6) is 0 Å². The lowest BCUT2D eigenvalue weighted by atomic mass is 10.1. The molecule has 6 heteroatoms. The van der Waals surface area contributed by atoms with Gasteiger partial charge in [0.1, 0.15) is 10.9 Å². The SMILES string of the molecule is Cc1ccc2oc(-c3cccc(NC(=O)CSC#N)c3C)nc2c1. The Morgan fingerprint density at radius 2 is 2.17 bits per heavy atom. The van der Waals surface area contributed by atoms with E-state index in [0.29, 0.717) is 11.6 Å². The zero-order valence-electron chi connectivity index (χ0n) is 13.3. The fourth-order valence-electron chi connectivity index (χ4n) is 2.44. The Morgan fingerprint density at radius 3 is 2.96 bits per heavy atom. The van der Waals surface area contributed by atoms with E-state index in [0.717, 1.165) is 39.6 Å². The van der Waals surface area contributed by atoms with E-state index < -0.39 is 0 Å². The Labute approximate surface area is 143 Å². The molecule has 120 valence electrons. The van der Waals surface area contributed by atoms with Gasteiger partial charge >= 0.3 is 0 Å². The maximum atomic E-state index is 11.8. The number of anilines is 1. The second-order valence-corrected chi connectivity index (χ2v) is 6.16. The summed E-state index contributed by atoms with van der Waals surface area (Å²) in [6, 6.07) is 11.4. The van der Waals surface area contributed by atoms with Crippen LogP contribution in [0.2, 0.25) is 0 Å². The Hall–Kier alpha value is -2.78. The molecule has 0 aliphatic rings. The van der Waals surface area contributed by atoms with Gasteiger partial charge in [0.15, 0.2) is 5.58 Å². The van der Waals surface area contributed by atoms with Crippen LogP contribution in [0.4, 0.5) is 5.69 Å². The minimum atomic E-state index is -0.213. The second kappa shape index (κ2) is 6.77. The van der Waals surface area contributed by atoms with Gasteiger partial charge in [0.05, 0.1) is 5.75 Å². The quantitative estimate of drug-likeness (QED) is 0.719. The second-order valence-electron chi connectivity index (χ2n) is 5.40. The van der Waals surface area contributed by atoms with Crippen molar-refractivity contribution in [1.82, 2.24) is 4.98 Å². The third-order valence-electron chi connectivity index (χ3n) is 3.65. The highest BCUT2D eigenvalue weighted by atomic mass is 32.2. The Bertz CT molecular complexity index is 957. The molecule has 0 unspecified atom stereocenters. The van der Waals surface area contributed by atoms with E-state index in [9.17, 15) is 4.79 Å². The molecule has 0 radical (unpaired) electrons. The molecule has 3 aromatic rings. The highest BCUT2D eigenvalue weighted by Crippen LogP contribution is 2.30. The third-order valence-corrected chi connectivity index (χ3v) is 4.18. The van der Waals surface area contributed by atoms with Crippen molar-refractivity contribution < 1.29 is 9.21 Å². The summed E-state index contributed by atoms with van der Waals surface area (Å²) in [6.07, 6.45) is 0. The molecule has 24 heavy (non-hydrogen) atoms. The van der Waals surface area contributed by atoms with Crippen molar-refractivity contribution in [3.05, 3.63) is 47.5 Å². The maximum absolute atomic E-state index is 11.8. The van der Waals surface area contributed by atoms with Gasteiger partial charge in [0, 0.05) is 11.3 Å². The monoisotopic (exact) mass is 337 g/mol. The van der Waals surface area contributed by atoms with Crippen LogP contribution < -0.4 is 5.32 Å². The lowest BCUT2D eigenvalue weighted by Crippen LogP contribution is -2.14. The first-order valence-electron chi connectivity index (χ1n) is 7.36. The van der Waals surface area contributed by atoms with Crippen molar-refractivity contribution in [2.24, 2.45) is 0 Å². The molecule has 0 bridgehead atoms. The molecule has 1 aromatic heterocycles. The van der Waals surface area contributed by atoms with Gasteiger partial charge in [-0.25, -0.2) is 4.98 Å². The number of oxazole rings is 1. The van der Waals surface area contributed by atoms with Gasteiger partial charge in [-0.2, -0.15) is 5.26 Å². The third kappa shape index (κ3) is 3.26. The number of amides is 1. The van der Waals surface area contributed by atoms with Crippen molar-refractivity contribution in [2.45, 2.75) is 13.8 Å². The zero-order chi connectivity index (χ0) is 17.1. The average molecular weight is 337 g/mol. The molecule has 0 saturated heterocycles. The minimum absolute atomic E-state index is 0.0995. The van der Waals surface area contributed by atoms with Gasteiger partial charge in [0.25, 0.3) is 0 Å². The number of carbonyl (C=O) groups excluding carboxylic acids is 1. The molecule has 0 aliphatic heterocycles. The van der Waals surface area contributed by atoms with Gasteiger partial charge in [-0.15, -0.1) is 0 Å². The van der Waals surface area contributed by atoms with Crippen molar-refractivity contribution in [3.8, 4) is 16.9 Å². The molecule has 0 fully saturated rings. The predicted octanol–water partition coefficient (Wildman–Crippen LogP) is 4.26. The fourth-order valence-corrected chi connectivity index (χ4v) is 2.71. The normalized spacial score (nSPS) is 10.5. The van der Waals surface area contributed by atoms with E-state index in [-0.39, 0.29) is 11.7 Å². The van der Waals surface area contributed by atoms with Crippen molar-refractivity contribution in [1.29, 1.82) is 5.26 Å². The summed E-state index contributed by atoms with van der Waals surface area (Å²) in [5.41, 5.74) is 5.05. The van der Waals surface area contributed by atoms with Crippen LogP contribution in [0.15, 0.2) is 40.8 Å². The maximum Gasteiger partial charge on any atom is 0.235 e. The zero-order valence-corrected chi connectivity index (χ0v) is 14.1. The summed E-state index contributed by atoms with van der Waals surface area (Å²) in [5, 5.41) is 13.2. The van der Waals surface area contributed by atoms with E-state index in [4.69, 9.17) is 9.68 Å². The van der Waals surface area contributed by atoms with Crippen molar-refractivity contribution in [3.63, 3.8) is 0 Å². The molecule has 3 rings (SSSR count). The van der Waals surface area contributed by atoms with E-state index in [1.165, 1.54) is 0 Å². The van der Waals surface area contributed by atoms with Crippen LogP contribution in [0.25, 0.3) is 22.6 Å². The summed E-state index contributed by atoms with van der Waals surface area (Å²) in [4.78, 5) is 16.4. The predicted molar refractivity (Wildman–Crippen MR) is 95.6 cm³/mol. The molecule has 0 aliphatic carbocycles. The summed E-state index contributed by atoms with van der Waals surface area (Å²) in [5.74, 6) is 0.410. The molecule has 0 atom stereocenters. The molecule has 1 amide bonds. The first-order valence-corrected chi connectivity index (χ1v) is 8.35. The molecule has 0 spiro atoms. The Morgan fingerprint density at radius 1 is 1.33 bits per heavy atom. The first kappa shape index (κ1) is 16.1. The molecule has 0 saturated carbocycles. The number of nitriles is 1. The number of aryl methyl sites for hydroxylation is 1. The number of aromatic nitrogens is 1. The molecular formula is C18H15N3O2S. The number of rotatable bonds is 4. The molecule has 1 heterocycles. The number of fused-ring (bicyclic) bond motifs is 1. The van der Waals surface area contributed by atoms with Crippen molar-refractivity contribution in [2.75, 3.05) is 11.1 Å². The number of nitrogens with zero attached hydrogens (tertiary/aromatic N) is 2. The minimum Gasteiger partial charge on any atom is -0.436 e. The van der Waals surface area contributed by atoms with Crippen molar-refractivity contribution >= 4 is 34.5 Å². The number of hydrogen-bond donors (Lipinski definition) is 1. The lowest BCUT2D eigenvalue weighted by Gasteiger charge is -2.10. The molecule has 1 N–H and O–H groups in total. The summed E-state index contributed by atoms with van der Waals surface area (Å²) < 4.78 is 5.84. The Kier molecular flexibility index (Phi) is 4.54. The van der Waals surface area contributed by atoms with Crippen LogP contribution >= 0.6 is 11.8 Å². The number of thioether (sulfide) groups is 1. The smallest absolute Gasteiger partial charge is 0.235 e. The summed E-state index contributed by atoms with van der Waals surface area (Å²) in [6.45, 7) is 3.91. The lowest BCUT2D eigenvalue weighted by molar-refractivity contribution is -0.113. The largest absolute Gasteiger partial charge is 0.436 e. The summed E-state index contributed by atoms with van der Waals surface area (Å²) >= 11 is 0.909. The number of benzene rings is 2. The number of nitrogens with one attached hydrogen (secondary N) is 1. The molecule has 5 nitrogen and oxygen atoms in total. The molecular weight excluding hydrogens is 322 g/mol. The molecule has 2 aromatic carbocycles. The fraction of sp³-hybridized carbons (Fsp3) is 0.167. The van der Waals surface area contributed by atoms with Crippen LogP contribution in [-0.2, 0) is 4.79 Å². The Balaban J connectivity index is 1.94. The number of carbonyl (C=O) groups is 1. The first-order chi connectivity index (χ1) is 11.6. The van der Waals surface area contributed by atoms with E-state index in [1.54, 1.807) is 0 Å². The topological polar surface area (TPSA) is 78.9 Å².